The van der Waals surface area contributed by atoms with Crippen LogP contribution in [0.15, 0.2) is 115 Å². The molecule has 0 spiro atoms. The van der Waals surface area contributed by atoms with Crippen LogP contribution in [0.5, 0.6) is 0 Å². The molecule has 0 saturated heterocycles. The summed E-state index contributed by atoms with van der Waals surface area (Å²) in [4.78, 5) is 4.63. The smallest absolute Gasteiger partial charge is 0.680 e. The molecule has 0 N–H and O–H groups in total. The van der Waals surface area contributed by atoms with Gasteiger partial charge >= 0.3 is 26.2 Å². The molecule has 5 aromatic rings. The third-order valence-corrected chi connectivity index (χ3v) is 5.77. The van der Waals surface area contributed by atoms with E-state index in [0.29, 0.717) is 6.04 Å². The summed E-state index contributed by atoms with van der Waals surface area (Å²) in [6.45, 7) is 15.4. The number of nitrogens with zero attached hydrogens (tertiary/aromatic N) is 2. The fourth-order valence-corrected chi connectivity index (χ4v) is 3.74. The minimum Gasteiger partial charge on any atom is -0.680 e. The van der Waals surface area contributed by atoms with E-state index in [1.54, 1.807) is 0 Å². The number of hydrogen-bond acceptors (Lipinski definition) is 1. The van der Waals surface area contributed by atoms with Crippen LogP contribution in [0.25, 0.3) is 16.2 Å². The molecule has 3 heteroatoms. The van der Waals surface area contributed by atoms with Gasteiger partial charge in [-0.25, -0.2) is 0 Å². The average molecular weight is 576 g/mol. The van der Waals surface area contributed by atoms with Gasteiger partial charge in [0, 0.05) is 5.69 Å². The Morgan fingerprint density at radius 1 is 0.658 bits per heavy atom. The second-order valence-corrected chi connectivity index (χ2v) is 9.07. The minimum absolute atomic E-state index is 0. The van der Waals surface area contributed by atoms with Gasteiger partial charge in [-0.05, 0) is 24.8 Å². The first kappa shape index (κ1) is 30.8. The summed E-state index contributed by atoms with van der Waals surface area (Å²) in [5.41, 5.74) is 7.83. The van der Waals surface area contributed by atoms with Crippen molar-refractivity contribution in [2.75, 3.05) is 0 Å². The maximum Gasteiger partial charge on any atom is 3.00 e. The zero-order chi connectivity index (χ0) is 26.5. The molecule has 0 aliphatic carbocycles. The first-order valence-electron chi connectivity index (χ1n) is 12.6. The Kier molecular flexibility index (Phi) is 13.3. The summed E-state index contributed by atoms with van der Waals surface area (Å²) < 4.78 is 0. The number of aromatic nitrogens is 1. The summed E-state index contributed by atoms with van der Waals surface area (Å²) in [7, 11) is 0. The van der Waals surface area contributed by atoms with Crippen molar-refractivity contribution in [3.05, 3.63) is 169 Å². The fraction of sp³-hybridized carbons (Fsp3) is 0.143. The van der Waals surface area contributed by atoms with Crippen molar-refractivity contribution in [3.8, 4) is 0 Å². The third-order valence-electron chi connectivity index (χ3n) is 5.77. The number of hydrogen-bond donors (Lipinski definition) is 0. The third kappa shape index (κ3) is 10.5. The Morgan fingerprint density at radius 3 is 1.53 bits per heavy atom. The molecule has 4 aromatic carbocycles. The molecular formula is C35H36N2Zr-. The maximum absolute atomic E-state index is 4.75. The Labute approximate surface area is 248 Å². The molecule has 1 unspecified atom stereocenters. The van der Waals surface area contributed by atoms with E-state index < -0.39 is 0 Å². The number of aryl methyl sites for hydroxylation is 2. The van der Waals surface area contributed by atoms with Gasteiger partial charge in [0.05, 0.1) is 5.52 Å². The van der Waals surface area contributed by atoms with Gasteiger partial charge in [-0.2, -0.15) is 73.9 Å². The van der Waals surface area contributed by atoms with Crippen molar-refractivity contribution in [2.45, 2.75) is 32.7 Å². The van der Waals surface area contributed by atoms with Crippen LogP contribution in [-0.4, -0.2) is 11.0 Å². The SMILES string of the molecule is Cc1ccc2ccc3c(c2n1)[N-]C(C)CC3.[CH2-]c1ccccc1.[CH2-]c1ccccc1.[CH2-]c1ccccc1.[Zr+3]. The van der Waals surface area contributed by atoms with Gasteiger partial charge in [0.25, 0.3) is 0 Å². The van der Waals surface area contributed by atoms with E-state index in [4.69, 9.17) is 5.32 Å². The average Bonchev–Trinajstić information content (AvgIpc) is 2.91. The normalized spacial score (nSPS) is 12.8. The van der Waals surface area contributed by atoms with Crippen LogP contribution >= 0.6 is 0 Å². The molecule has 38 heavy (non-hydrogen) atoms. The van der Waals surface area contributed by atoms with Gasteiger partial charge in [-0.15, -0.1) is 48.1 Å². The van der Waals surface area contributed by atoms with Crippen molar-refractivity contribution in [3.63, 3.8) is 0 Å². The molecule has 2 nitrogen and oxygen atoms in total. The van der Waals surface area contributed by atoms with Crippen molar-refractivity contribution < 1.29 is 26.2 Å². The van der Waals surface area contributed by atoms with Crippen molar-refractivity contribution in [2.24, 2.45) is 0 Å². The van der Waals surface area contributed by atoms with Crippen LogP contribution in [-0.2, 0) is 32.6 Å². The molecule has 6 rings (SSSR count). The van der Waals surface area contributed by atoms with Crippen molar-refractivity contribution in [1.29, 1.82) is 0 Å². The Hall–Kier alpha value is -3.42. The van der Waals surface area contributed by atoms with E-state index in [1.165, 1.54) is 10.9 Å². The molecule has 0 fully saturated rings. The summed E-state index contributed by atoms with van der Waals surface area (Å²) in [5.74, 6) is 0. The molecule has 2 heterocycles. The van der Waals surface area contributed by atoms with Gasteiger partial charge in [0.2, 0.25) is 0 Å². The summed E-state index contributed by atoms with van der Waals surface area (Å²) >= 11 is 0. The summed E-state index contributed by atoms with van der Waals surface area (Å²) in [5, 5.41) is 5.95. The molecule has 0 saturated carbocycles. The molecule has 0 amide bonds. The number of rotatable bonds is 0. The van der Waals surface area contributed by atoms with Gasteiger partial charge in [0.15, 0.2) is 0 Å². The van der Waals surface area contributed by atoms with E-state index >= 15 is 0 Å². The standard InChI is InChI=1S/C14H15N2.3C7H7.Zr/c1-9-3-5-11-7-8-12-6-4-10(2)16-14(12)13(11)15-9;3*1-7-5-3-2-4-6-7;/h3,5,7-8,10H,4,6H2,1-2H3;3*2-6H,1H2;/q4*-1;+3. The second-order valence-electron chi connectivity index (χ2n) is 9.07. The molecule has 1 radical (unpaired) electrons. The van der Waals surface area contributed by atoms with Gasteiger partial charge in [0.1, 0.15) is 0 Å². The summed E-state index contributed by atoms with van der Waals surface area (Å²) in [6.07, 6.45) is 2.29. The Balaban J connectivity index is 0.000000194. The van der Waals surface area contributed by atoms with Crippen molar-refractivity contribution in [1.82, 2.24) is 4.98 Å². The minimum atomic E-state index is 0. The van der Waals surface area contributed by atoms with Gasteiger partial charge in [-0.1, -0.05) is 55.3 Å². The Bertz CT molecular complexity index is 1250. The van der Waals surface area contributed by atoms with Crippen LogP contribution in [0.1, 0.15) is 41.3 Å². The Morgan fingerprint density at radius 2 is 1.11 bits per heavy atom. The summed E-state index contributed by atoms with van der Waals surface area (Å²) in [6, 6.07) is 38.6. The maximum atomic E-state index is 4.75. The number of pyridine rings is 1. The second kappa shape index (κ2) is 16.4. The van der Waals surface area contributed by atoms with E-state index in [9.17, 15) is 0 Å². The number of benzene rings is 4. The first-order chi connectivity index (χ1) is 17.9. The molecule has 191 valence electrons. The number of fused-ring (bicyclic) bond motifs is 3. The van der Waals surface area contributed by atoms with Crippen LogP contribution in [0.4, 0.5) is 5.69 Å². The van der Waals surface area contributed by atoms with Crippen LogP contribution < -0.4 is 0 Å². The fourth-order valence-electron chi connectivity index (χ4n) is 3.74. The van der Waals surface area contributed by atoms with E-state index in [2.05, 4.69) is 56.9 Å². The molecular weight excluding hydrogens is 540 g/mol. The zero-order valence-electron chi connectivity index (χ0n) is 22.5. The predicted octanol–water partition coefficient (Wildman–Crippen LogP) is 9.49. The topological polar surface area (TPSA) is 27.0 Å². The predicted molar refractivity (Wildman–Crippen MR) is 160 cm³/mol. The molecule has 0 bridgehead atoms. The van der Waals surface area contributed by atoms with Gasteiger partial charge < -0.3 is 5.32 Å². The monoisotopic (exact) mass is 574 g/mol. The van der Waals surface area contributed by atoms with E-state index in [0.717, 1.165) is 46.4 Å². The van der Waals surface area contributed by atoms with Crippen LogP contribution in [0.3, 0.4) is 0 Å². The quantitative estimate of drug-likeness (QED) is 0.169. The first-order valence-corrected chi connectivity index (χ1v) is 12.6. The zero-order valence-corrected chi connectivity index (χ0v) is 24.9. The van der Waals surface area contributed by atoms with E-state index in [1.807, 2.05) is 97.9 Å². The molecule has 1 aliphatic heterocycles. The molecule has 1 aliphatic rings. The largest absolute Gasteiger partial charge is 3.00 e. The van der Waals surface area contributed by atoms with Crippen LogP contribution in [0.2, 0.25) is 0 Å². The molecule has 1 aromatic heterocycles. The van der Waals surface area contributed by atoms with E-state index in [-0.39, 0.29) is 26.2 Å². The van der Waals surface area contributed by atoms with Crippen LogP contribution in [0, 0.1) is 27.7 Å². The molecule has 1 atom stereocenters. The van der Waals surface area contributed by atoms with Gasteiger partial charge in [-0.3, -0.25) is 4.98 Å². The van der Waals surface area contributed by atoms with Crippen molar-refractivity contribution >= 4 is 16.6 Å².